The summed E-state index contributed by atoms with van der Waals surface area (Å²) >= 11 is 0. The maximum Gasteiger partial charge on any atom is 0.308 e. The molecule has 1 amide bonds. The number of hydrogen-bond donors (Lipinski definition) is 1. The average molecular weight is 325 g/mol. The SMILES string of the molecule is Cc1nc(-c2ccccc2)ncc1C(=O)N1CCC[C@H](C(=O)O)C1. The van der Waals surface area contributed by atoms with Crippen LogP contribution in [0.15, 0.2) is 36.5 Å². The van der Waals surface area contributed by atoms with Gasteiger partial charge in [0, 0.05) is 24.8 Å². The second-order valence-corrected chi connectivity index (χ2v) is 5.99. The first-order valence-electron chi connectivity index (χ1n) is 7.97. The smallest absolute Gasteiger partial charge is 0.308 e. The van der Waals surface area contributed by atoms with E-state index >= 15 is 0 Å². The maximum atomic E-state index is 12.7. The van der Waals surface area contributed by atoms with Crippen molar-refractivity contribution in [1.29, 1.82) is 0 Å². The fraction of sp³-hybridized carbons (Fsp3) is 0.333. The summed E-state index contributed by atoms with van der Waals surface area (Å²) in [5.41, 5.74) is 1.93. The lowest BCUT2D eigenvalue weighted by Crippen LogP contribution is -2.42. The van der Waals surface area contributed by atoms with Crippen molar-refractivity contribution in [2.24, 2.45) is 5.92 Å². The molecule has 2 heterocycles. The zero-order chi connectivity index (χ0) is 17.1. The number of piperidine rings is 1. The molecule has 1 saturated heterocycles. The third-order valence-electron chi connectivity index (χ3n) is 4.30. The van der Waals surface area contributed by atoms with Crippen LogP contribution in [0.4, 0.5) is 0 Å². The Morgan fingerprint density at radius 1 is 1.25 bits per heavy atom. The highest BCUT2D eigenvalue weighted by atomic mass is 16.4. The van der Waals surface area contributed by atoms with Gasteiger partial charge in [-0.05, 0) is 19.8 Å². The number of amides is 1. The van der Waals surface area contributed by atoms with Gasteiger partial charge in [0.25, 0.3) is 5.91 Å². The first-order valence-corrected chi connectivity index (χ1v) is 7.97. The third kappa shape index (κ3) is 3.27. The fourth-order valence-electron chi connectivity index (χ4n) is 2.94. The Labute approximate surface area is 140 Å². The van der Waals surface area contributed by atoms with Gasteiger partial charge in [-0.1, -0.05) is 30.3 Å². The van der Waals surface area contributed by atoms with Gasteiger partial charge in [-0.3, -0.25) is 9.59 Å². The summed E-state index contributed by atoms with van der Waals surface area (Å²) in [4.78, 5) is 34.2. The highest BCUT2D eigenvalue weighted by Gasteiger charge is 2.29. The number of carbonyl (C=O) groups is 2. The molecule has 0 aliphatic carbocycles. The lowest BCUT2D eigenvalue weighted by Gasteiger charge is -2.30. The number of rotatable bonds is 3. The fourth-order valence-corrected chi connectivity index (χ4v) is 2.94. The number of carboxylic acids is 1. The van der Waals surface area contributed by atoms with E-state index in [4.69, 9.17) is 5.11 Å². The van der Waals surface area contributed by atoms with E-state index in [1.54, 1.807) is 11.8 Å². The number of aromatic nitrogens is 2. The molecular formula is C18H19N3O3. The molecule has 0 bridgehead atoms. The van der Waals surface area contributed by atoms with Gasteiger partial charge < -0.3 is 10.0 Å². The maximum absolute atomic E-state index is 12.7. The summed E-state index contributed by atoms with van der Waals surface area (Å²) < 4.78 is 0. The molecule has 1 atom stereocenters. The van der Waals surface area contributed by atoms with Crippen LogP contribution in [-0.4, -0.2) is 44.9 Å². The minimum Gasteiger partial charge on any atom is -0.481 e. The van der Waals surface area contributed by atoms with E-state index in [9.17, 15) is 9.59 Å². The second-order valence-electron chi connectivity index (χ2n) is 5.99. The molecule has 3 rings (SSSR count). The van der Waals surface area contributed by atoms with Crippen molar-refractivity contribution < 1.29 is 14.7 Å². The predicted molar refractivity (Wildman–Crippen MR) is 88.5 cm³/mol. The molecular weight excluding hydrogens is 306 g/mol. The quantitative estimate of drug-likeness (QED) is 0.937. The number of aliphatic carboxylic acids is 1. The summed E-state index contributed by atoms with van der Waals surface area (Å²) in [5, 5.41) is 9.16. The first kappa shape index (κ1) is 16.1. The van der Waals surface area contributed by atoms with Crippen molar-refractivity contribution in [2.75, 3.05) is 13.1 Å². The van der Waals surface area contributed by atoms with Crippen LogP contribution in [0, 0.1) is 12.8 Å². The van der Waals surface area contributed by atoms with E-state index in [0.29, 0.717) is 36.5 Å². The van der Waals surface area contributed by atoms with Crippen molar-refractivity contribution in [3.05, 3.63) is 47.8 Å². The highest BCUT2D eigenvalue weighted by Crippen LogP contribution is 2.21. The number of aryl methyl sites for hydroxylation is 1. The van der Waals surface area contributed by atoms with Gasteiger partial charge >= 0.3 is 5.97 Å². The molecule has 2 aromatic rings. The van der Waals surface area contributed by atoms with Gasteiger partial charge in [-0.25, -0.2) is 9.97 Å². The number of benzene rings is 1. The number of carboxylic acid groups (broad SMARTS) is 1. The zero-order valence-corrected chi connectivity index (χ0v) is 13.5. The summed E-state index contributed by atoms with van der Waals surface area (Å²) in [5.74, 6) is -0.961. The topological polar surface area (TPSA) is 83.4 Å². The van der Waals surface area contributed by atoms with Crippen LogP contribution in [-0.2, 0) is 4.79 Å². The Morgan fingerprint density at radius 3 is 2.67 bits per heavy atom. The van der Waals surface area contributed by atoms with Crippen molar-refractivity contribution >= 4 is 11.9 Å². The van der Waals surface area contributed by atoms with Crippen molar-refractivity contribution in [2.45, 2.75) is 19.8 Å². The lowest BCUT2D eigenvalue weighted by molar-refractivity contribution is -0.143. The van der Waals surface area contributed by atoms with E-state index in [2.05, 4.69) is 9.97 Å². The Hall–Kier alpha value is -2.76. The monoisotopic (exact) mass is 325 g/mol. The van der Waals surface area contributed by atoms with Gasteiger partial charge in [-0.2, -0.15) is 0 Å². The van der Waals surface area contributed by atoms with E-state index in [1.807, 2.05) is 30.3 Å². The van der Waals surface area contributed by atoms with E-state index in [-0.39, 0.29) is 12.5 Å². The minimum atomic E-state index is -0.847. The van der Waals surface area contributed by atoms with E-state index in [1.165, 1.54) is 6.20 Å². The van der Waals surface area contributed by atoms with Crippen LogP contribution in [0.5, 0.6) is 0 Å². The summed E-state index contributed by atoms with van der Waals surface area (Å²) in [7, 11) is 0. The Morgan fingerprint density at radius 2 is 2.00 bits per heavy atom. The molecule has 0 radical (unpaired) electrons. The van der Waals surface area contributed by atoms with E-state index < -0.39 is 11.9 Å². The molecule has 0 unspecified atom stereocenters. The molecule has 6 nitrogen and oxygen atoms in total. The second kappa shape index (κ2) is 6.78. The lowest BCUT2D eigenvalue weighted by atomic mass is 9.97. The van der Waals surface area contributed by atoms with Gasteiger partial charge in [-0.15, -0.1) is 0 Å². The minimum absolute atomic E-state index is 0.196. The van der Waals surface area contributed by atoms with Crippen molar-refractivity contribution in [3.8, 4) is 11.4 Å². The molecule has 0 saturated carbocycles. The van der Waals surface area contributed by atoms with Crippen LogP contribution in [0.25, 0.3) is 11.4 Å². The molecule has 1 N–H and O–H groups in total. The van der Waals surface area contributed by atoms with Crippen LogP contribution in [0.1, 0.15) is 28.9 Å². The van der Waals surface area contributed by atoms with Crippen molar-refractivity contribution in [3.63, 3.8) is 0 Å². The molecule has 1 aliphatic heterocycles. The largest absolute Gasteiger partial charge is 0.481 e. The molecule has 1 aliphatic rings. The molecule has 0 spiro atoms. The predicted octanol–water partition coefficient (Wildman–Crippen LogP) is 2.39. The average Bonchev–Trinajstić information content (AvgIpc) is 2.62. The van der Waals surface area contributed by atoms with Gasteiger partial charge in [0.1, 0.15) is 0 Å². The normalized spacial score (nSPS) is 17.5. The molecule has 1 fully saturated rings. The molecule has 124 valence electrons. The number of likely N-dealkylation sites (tertiary alicyclic amines) is 1. The standard InChI is InChI=1S/C18H19N3O3/c1-12-15(10-19-16(20-12)13-6-3-2-4-7-13)17(22)21-9-5-8-14(11-21)18(23)24/h2-4,6-7,10,14H,5,8-9,11H2,1H3,(H,23,24)/t14-/m0/s1. The number of nitrogens with zero attached hydrogens (tertiary/aromatic N) is 3. The van der Waals surface area contributed by atoms with Gasteiger partial charge in [0.2, 0.25) is 0 Å². The summed E-state index contributed by atoms with van der Waals surface area (Å²) in [6.45, 7) is 2.59. The van der Waals surface area contributed by atoms with Gasteiger partial charge in [0.15, 0.2) is 5.82 Å². The summed E-state index contributed by atoms with van der Waals surface area (Å²) in [6.07, 6.45) is 2.85. The molecule has 1 aromatic carbocycles. The van der Waals surface area contributed by atoms with Crippen LogP contribution in [0.3, 0.4) is 0 Å². The van der Waals surface area contributed by atoms with Crippen molar-refractivity contribution in [1.82, 2.24) is 14.9 Å². The zero-order valence-electron chi connectivity index (χ0n) is 13.5. The van der Waals surface area contributed by atoms with Crippen LogP contribution >= 0.6 is 0 Å². The van der Waals surface area contributed by atoms with Crippen LogP contribution < -0.4 is 0 Å². The Kier molecular flexibility index (Phi) is 4.55. The van der Waals surface area contributed by atoms with Gasteiger partial charge in [0.05, 0.1) is 17.2 Å². The van der Waals surface area contributed by atoms with Crippen LogP contribution in [0.2, 0.25) is 0 Å². The Bertz CT molecular complexity index is 761. The molecule has 24 heavy (non-hydrogen) atoms. The number of carbonyl (C=O) groups excluding carboxylic acids is 1. The molecule has 1 aromatic heterocycles. The third-order valence-corrected chi connectivity index (χ3v) is 4.30. The summed E-state index contributed by atoms with van der Waals surface area (Å²) in [6, 6.07) is 9.57. The Balaban J connectivity index is 1.82. The number of hydrogen-bond acceptors (Lipinski definition) is 4. The first-order chi connectivity index (χ1) is 11.6. The van der Waals surface area contributed by atoms with E-state index in [0.717, 1.165) is 5.56 Å². The molecule has 6 heteroatoms. The highest BCUT2D eigenvalue weighted by molar-refractivity contribution is 5.95.